The highest BCUT2D eigenvalue weighted by molar-refractivity contribution is 6.35. The van der Waals surface area contributed by atoms with Crippen molar-refractivity contribution in [2.45, 2.75) is 19.6 Å². The molecular formula is C17H19Cl2N5O4. The van der Waals surface area contributed by atoms with Gasteiger partial charge in [-0.2, -0.15) is 4.98 Å². The number of aromatic amines is 1. The highest BCUT2D eigenvalue weighted by Gasteiger charge is 2.19. The van der Waals surface area contributed by atoms with Gasteiger partial charge in [0.15, 0.2) is 11.2 Å². The van der Waals surface area contributed by atoms with E-state index in [9.17, 15) is 14.7 Å². The minimum atomic E-state index is -0.974. The number of nitrogens with zero attached hydrogens (tertiary/aromatic N) is 3. The number of H-pyrrole nitrogens is 1. The van der Waals surface area contributed by atoms with Crippen molar-refractivity contribution >= 4 is 40.3 Å². The summed E-state index contributed by atoms with van der Waals surface area (Å²) in [5, 5.41) is 14.3. The van der Waals surface area contributed by atoms with Crippen LogP contribution in [0, 0.1) is 0 Å². The number of nitrogens with one attached hydrogen (secondary N) is 2. The number of rotatable bonds is 7. The first-order chi connectivity index (χ1) is 13.3. The van der Waals surface area contributed by atoms with Crippen LogP contribution in [-0.2, 0) is 13.6 Å². The van der Waals surface area contributed by atoms with E-state index in [1.54, 1.807) is 12.1 Å². The van der Waals surface area contributed by atoms with Crippen molar-refractivity contribution in [2.75, 3.05) is 18.5 Å². The van der Waals surface area contributed by atoms with Crippen LogP contribution in [0.4, 0.5) is 5.95 Å². The fourth-order valence-corrected chi connectivity index (χ4v) is 3.21. The van der Waals surface area contributed by atoms with Crippen molar-refractivity contribution in [2.24, 2.45) is 7.05 Å². The van der Waals surface area contributed by atoms with Gasteiger partial charge < -0.3 is 19.7 Å². The van der Waals surface area contributed by atoms with E-state index in [0.29, 0.717) is 28.3 Å². The van der Waals surface area contributed by atoms with Crippen LogP contribution < -0.4 is 21.3 Å². The molecule has 0 bridgehead atoms. The van der Waals surface area contributed by atoms with Crippen LogP contribution in [0.3, 0.4) is 0 Å². The Balaban J connectivity index is 1.88. The van der Waals surface area contributed by atoms with Gasteiger partial charge in [-0.3, -0.25) is 14.3 Å². The van der Waals surface area contributed by atoms with Gasteiger partial charge in [0.1, 0.15) is 18.5 Å². The van der Waals surface area contributed by atoms with Crippen LogP contribution in [0.2, 0.25) is 10.0 Å². The van der Waals surface area contributed by atoms with E-state index in [-0.39, 0.29) is 24.3 Å². The molecule has 3 N–H and O–H groups in total. The quantitative estimate of drug-likeness (QED) is 0.527. The standard InChI is InChI=1S/C17H19Cl2N5O4/c1-3-20-16-21-14-13(15(26)22-17(27)23(14)2)24(16)7-10(25)8-28-12-5-4-9(18)6-11(12)19/h4-6,10,25H,3,7-8H2,1-2H3,(H,20,21)(H,22,26,27)/t10-/m0/s1. The van der Waals surface area contributed by atoms with Crippen molar-refractivity contribution < 1.29 is 9.84 Å². The van der Waals surface area contributed by atoms with Gasteiger partial charge in [-0.25, -0.2) is 4.79 Å². The number of hydrogen-bond acceptors (Lipinski definition) is 6. The lowest BCUT2D eigenvalue weighted by molar-refractivity contribution is 0.0939. The normalized spacial score (nSPS) is 12.3. The van der Waals surface area contributed by atoms with Crippen molar-refractivity contribution in [3.8, 4) is 5.75 Å². The number of aliphatic hydroxyl groups is 1. The van der Waals surface area contributed by atoms with Crippen LogP contribution in [0.5, 0.6) is 5.75 Å². The first kappa shape index (κ1) is 20.2. The molecule has 1 atom stereocenters. The molecular weight excluding hydrogens is 409 g/mol. The molecule has 11 heteroatoms. The molecule has 150 valence electrons. The number of fused-ring (bicyclic) bond motifs is 1. The summed E-state index contributed by atoms with van der Waals surface area (Å²) >= 11 is 11.9. The van der Waals surface area contributed by atoms with Gasteiger partial charge in [-0.1, -0.05) is 23.2 Å². The zero-order chi connectivity index (χ0) is 20.4. The molecule has 3 aromatic rings. The third-order valence-corrected chi connectivity index (χ3v) is 4.59. The van der Waals surface area contributed by atoms with Crippen molar-refractivity contribution in [3.05, 3.63) is 49.1 Å². The SMILES string of the molecule is CCNc1nc2c(c(=O)[nH]c(=O)n2C)n1C[C@H](O)COc1ccc(Cl)cc1Cl. The van der Waals surface area contributed by atoms with Gasteiger partial charge in [0.05, 0.1) is 11.6 Å². The Morgan fingerprint density at radius 1 is 1.36 bits per heavy atom. The van der Waals surface area contributed by atoms with Gasteiger partial charge in [0.2, 0.25) is 5.95 Å². The average molecular weight is 428 g/mol. The minimum absolute atomic E-state index is 0.0192. The summed E-state index contributed by atoms with van der Waals surface area (Å²) < 4.78 is 8.31. The van der Waals surface area contributed by atoms with E-state index in [4.69, 9.17) is 27.9 Å². The summed E-state index contributed by atoms with van der Waals surface area (Å²) in [6.45, 7) is 2.36. The van der Waals surface area contributed by atoms with Crippen LogP contribution in [0.15, 0.2) is 27.8 Å². The molecule has 0 saturated heterocycles. The van der Waals surface area contributed by atoms with Crippen molar-refractivity contribution in [1.82, 2.24) is 19.1 Å². The molecule has 0 aliphatic carbocycles. The van der Waals surface area contributed by atoms with Crippen LogP contribution >= 0.6 is 23.2 Å². The molecule has 0 amide bonds. The van der Waals surface area contributed by atoms with Crippen LogP contribution in [0.1, 0.15) is 6.92 Å². The molecule has 0 aliphatic rings. The Bertz CT molecular complexity index is 1120. The zero-order valence-corrected chi connectivity index (χ0v) is 16.7. The van der Waals surface area contributed by atoms with E-state index in [0.717, 1.165) is 0 Å². The van der Waals surface area contributed by atoms with E-state index < -0.39 is 17.4 Å². The molecule has 0 fully saturated rings. The fourth-order valence-electron chi connectivity index (χ4n) is 2.75. The second kappa shape index (κ2) is 8.26. The Labute approximate surface area is 169 Å². The number of aromatic nitrogens is 4. The number of anilines is 1. The van der Waals surface area contributed by atoms with Crippen LogP contribution in [0.25, 0.3) is 11.2 Å². The Kier molecular flexibility index (Phi) is 5.97. The summed E-state index contributed by atoms with van der Waals surface area (Å²) in [5.74, 6) is 0.750. The lowest BCUT2D eigenvalue weighted by atomic mass is 10.3. The molecule has 2 aromatic heterocycles. The number of aliphatic hydroxyl groups excluding tert-OH is 1. The molecule has 0 unspecified atom stereocenters. The molecule has 2 heterocycles. The highest BCUT2D eigenvalue weighted by Crippen LogP contribution is 2.27. The summed E-state index contributed by atoms with van der Waals surface area (Å²) in [4.78, 5) is 30.7. The van der Waals surface area contributed by atoms with Crippen molar-refractivity contribution in [1.29, 1.82) is 0 Å². The molecule has 1 aromatic carbocycles. The lowest BCUT2D eigenvalue weighted by Gasteiger charge is -2.16. The first-order valence-corrected chi connectivity index (χ1v) is 9.26. The third kappa shape index (κ3) is 4.01. The van der Waals surface area contributed by atoms with E-state index >= 15 is 0 Å². The Morgan fingerprint density at radius 3 is 2.79 bits per heavy atom. The predicted molar refractivity (Wildman–Crippen MR) is 108 cm³/mol. The lowest BCUT2D eigenvalue weighted by Crippen LogP contribution is -2.31. The average Bonchev–Trinajstić information content (AvgIpc) is 2.98. The summed E-state index contributed by atoms with van der Waals surface area (Å²) in [7, 11) is 1.51. The minimum Gasteiger partial charge on any atom is -0.489 e. The fraction of sp³-hybridized carbons (Fsp3) is 0.353. The predicted octanol–water partition coefficient (Wildman–Crippen LogP) is 1.60. The van der Waals surface area contributed by atoms with E-state index in [1.165, 1.54) is 22.2 Å². The smallest absolute Gasteiger partial charge is 0.329 e. The van der Waals surface area contributed by atoms with Crippen molar-refractivity contribution in [3.63, 3.8) is 0 Å². The summed E-state index contributed by atoms with van der Waals surface area (Å²) in [6, 6.07) is 4.77. The third-order valence-electron chi connectivity index (χ3n) is 4.06. The van der Waals surface area contributed by atoms with Gasteiger partial charge in [-0.05, 0) is 25.1 Å². The number of halogens is 2. The molecule has 0 radical (unpaired) electrons. The molecule has 3 rings (SSSR count). The second-order valence-corrected chi connectivity index (χ2v) is 6.95. The van der Waals surface area contributed by atoms with Gasteiger partial charge in [0.25, 0.3) is 5.56 Å². The second-order valence-electron chi connectivity index (χ2n) is 6.11. The zero-order valence-electron chi connectivity index (χ0n) is 15.2. The number of aryl methyl sites for hydroxylation is 1. The van der Waals surface area contributed by atoms with Gasteiger partial charge in [0, 0.05) is 18.6 Å². The molecule has 0 spiro atoms. The Hall–Kier alpha value is -2.49. The maximum atomic E-state index is 12.3. The maximum Gasteiger partial charge on any atom is 0.329 e. The molecule has 28 heavy (non-hydrogen) atoms. The number of ether oxygens (including phenoxy) is 1. The summed E-state index contributed by atoms with van der Waals surface area (Å²) in [6.07, 6.45) is -0.974. The van der Waals surface area contributed by atoms with E-state index in [2.05, 4.69) is 15.3 Å². The topological polar surface area (TPSA) is 114 Å². The van der Waals surface area contributed by atoms with Gasteiger partial charge in [-0.15, -0.1) is 0 Å². The number of hydrogen-bond donors (Lipinski definition) is 3. The Morgan fingerprint density at radius 2 is 2.11 bits per heavy atom. The van der Waals surface area contributed by atoms with E-state index in [1.807, 2.05) is 6.92 Å². The number of benzene rings is 1. The largest absolute Gasteiger partial charge is 0.489 e. The monoisotopic (exact) mass is 427 g/mol. The number of imidazole rings is 1. The molecule has 0 saturated carbocycles. The summed E-state index contributed by atoms with van der Waals surface area (Å²) in [5.41, 5.74) is -0.740. The maximum absolute atomic E-state index is 12.3. The molecule has 9 nitrogen and oxygen atoms in total. The first-order valence-electron chi connectivity index (χ1n) is 8.51. The van der Waals surface area contributed by atoms with Crippen LogP contribution in [-0.4, -0.2) is 43.5 Å². The molecule has 0 aliphatic heterocycles. The highest BCUT2D eigenvalue weighted by atomic mass is 35.5. The van der Waals surface area contributed by atoms with Gasteiger partial charge >= 0.3 is 5.69 Å².